The smallest absolute Gasteiger partial charge is 0.405 e. The van der Waals surface area contributed by atoms with Crippen LogP contribution in [-0.2, 0) is 35.3 Å². The Hall–Kier alpha value is -5.93. The van der Waals surface area contributed by atoms with Crippen LogP contribution in [0.3, 0.4) is 0 Å². The number of carbonyl (C=O) groups is 3. The fourth-order valence-corrected chi connectivity index (χ4v) is 5.42. The molecule has 16 nitrogen and oxygen atoms in total. The highest BCUT2D eigenvalue weighted by Crippen LogP contribution is 2.23. The predicted octanol–water partition coefficient (Wildman–Crippen LogP) is 1.93. The van der Waals surface area contributed by atoms with Gasteiger partial charge in [-0.25, -0.2) is 9.78 Å². The van der Waals surface area contributed by atoms with Crippen molar-refractivity contribution in [2.75, 3.05) is 6.54 Å². The van der Waals surface area contributed by atoms with Gasteiger partial charge in [0.25, 0.3) is 0 Å². The summed E-state index contributed by atoms with van der Waals surface area (Å²) in [5.41, 5.74) is 9.17. The molecule has 260 valence electrons. The van der Waals surface area contributed by atoms with Crippen LogP contribution < -0.4 is 27.0 Å². The molecule has 0 aliphatic rings. The zero-order valence-electron chi connectivity index (χ0n) is 27.3. The van der Waals surface area contributed by atoms with Gasteiger partial charge >= 0.3 is 6.09 Å². The molecule has 0 aliphatic carbocycles. The van der Waals surface area contributed by atoms with E-state index in [2.05, 4.69) is 41.4 Å². The summed E-state index contributed by atoms with van der Waals surface area (Å²) in [7, 11) is 0. The van der Waals surface area contributed by atoms with Crippen molar-refractivity contribution in [1.82, 2.24) is 41.4 Å². The number of nitrogens with zero attached hydrogens (tertiary/aromatic N) is 3. The van der Waals surface area contributed by atoms with E-state index in [1.165, 1.54) is 6.33 Å². The number of carboxylic acid groups (broad SMARTS) is 1. The summed E-state index contributed by atoms with van der Waals surface area (Å²) in [5, 5.41) is 41.5. The molecule has 2 heterocycles. The topological polar surface area (TPSA) is 257 Å². The van der Waals surface area contributed by atoms with Crippen molar-refractivity contribution in [3.63, 3.8) is 0 Å². The first kappa shape index (κ1) is 35.9. The Kier molecular flexibility index (Phi) is 12.7. The van der Waals surface area contributed by atoms with E-state index in [9.17, 15) is 24.6 Å². The van der Waals surface area contributed by atoms with Crippen LogP contribution in [0.5, 0.6) is 5.75 Å². The molecule has 0 saturated carbocycles. The molecule has 10 N–H and O–H groups in total. The van der Waals surface area contributed by atoms with E-state index in [-0.39, 0.29) is 43.4 Å². The highest BCUT2D eigenvalue weighted by molar-refractivity contribution is 5.91. The SMILES string of the molecule is Cc1cc(O)cc(C)c1CC(NC(=O)C(CCCNC(=N)N)NC(=O)O)C(=O)NC(Cc1c[nH]cn1)c1nc(CCc2ccccc2)no1. The maximum Gasteiger partial charge on any atom is 0.405 e. The molecule has 2 aromatic heterocycles. The third-order valence-corrected chi connectivity index (χ3v) is 7.87. The number of aromatic nitrogens is 4. The average Bonchev–Trinajstić information content (AvgIpc) is 3.75. The molecule has 4 aromatic rings. The quantitative estimate of drug-likeness (QED) is 0.0444. The molecule has 0 fully saturated rings. The lowest BCUT2D eigenvalue weighted by molar-refractivity contribution is -0.130. The van der Waals surface area contributed by atoms with Gasteiger partial charge < -0.3 is 46.7 Å². The van der Waals surface area contributed by atoms with Crippen LogP contribution in [0.1, 0.15) is 58.5 Å². The fraction of sp³-hybridized carbons (Fsp3) is 0.364. The van der Waals surface area contributed by atoms with E-state index in [4.69, 9.17) is 15.7 Å². The van der Waals surface area contributed by atoms with Gasteiger partial charge in [0.15, 0.2) is 11.8 Å². The first-order valence-electron chi connectivity index (χ1n) is 15.8. The van der Waals surface area contributed by atoms with Crippen LogP contribution in [0.25, 0.3) is 0 Å². The lowest BCUT2D eigenvalue weighted by Gasteiger charge is -2.25. The van der Waals surface area contributed by atoms with Crippen LogP contribution in [0, 0.1) is 19.3 Å². The van der Waals surface area contributed by atoms with Crippen LogP contribution in [0.15, 0.2) is 59.5 Å². The number of aromatic amines is 1. The molecule has 0 spiro atoms. The van der Waals surface area contributed by atoms with Crippen LogP contribution in [-0.4, -0.2) is 72.8 Å². The Morgan fingerprint density at radius 2 is 1.71 bits per heavy atom. The van der Waals surface area contributed by atoms with Crippen molar-refractivity contribution in [2.45, 2.75) is 70.5 Å². The van der Waals surface area contributed by atoms with Crippen molar-refractivity contribution in [3.05, 3.63) is 94.7 Å². The molecule has 2 aromatic carbocycles. The number of rotatable bonds is 17. The summed E-state index contributed by atoms with van der Waals surface area (Å²) in [6.45, 7) is 3.81. The fourth-order valence-electron chi connectivity index (χ4n) is 5.42. The maximum absolute atomic E-state index is 14.1. The minimum absolute atomic E-state index is 0.0302. The monoisotopic (exact) mass is 674 g/mol. The van der Waals surface area contributed by atoms with E-state index in [0.717, 1.165) is 11.1 Å². The van der Waals surface area contributed by atoms with Crippen molar-refractivity contribution < 1.29 is 29.1 Å². The van der Waals surface area contributed by atoms with E-state index >= 15 is 0 Å². The number of hydrogen-bond acceptors (Lipinski definition) is 9. The minimum atomic E-state index is -1.41. The number of nitrogens with one attached hydrogen (secondary N) is 6. The first-order chi connectivity index (χ1) is 23.5. The first-order valence-corrected chi connectivity index (χ1v) is 15.8. The summed E-state index contributed by atoms with van der Waals surface area (Å²) in [4.78, 5) is 51.0. The molecular weight excluding hydrogens is 632 g/mol. The molecular formula is C33H42N10O6. The number of hydrogen-bond donors (Lipinski definition) is 9. The molecule has 49 heavy (non-hydrogen) atoms. The van der Waals surface area contributed by atoms with Gasteiger partial charge in [-0.2, -0.15) is 4.98 Å². The van der Waals surface area contributed by atoms with Crippen molar-refractivity contribution in [3.8, 4) is 5.75 Å². The number of aromatic hydroxyl groups is 1. The van der Waals surface area contributed by atoms with E-state index < -0.39 is 36.0 Å². The number of guanidine groups is 1. The standard InChI is InChI=1S/C33H42N10O6/c1-19-13-23(44)14-20(2)24(19)16-26(39-29(45)25(41-33(47)48)9-6-12-37-32(34)35)30(46)40-27(15-22-17-36-18-38-22)31-42-28(43-49-31)11-10-21-7-4-3-5-8-21/h3-5,7-8,13-14,17-18,25-27,41,44H,6,9-12,15-16H2,1-2H3,(H,36,38)(H,39,45)(H,40,46)(H,47,48)(H4,34,35,37). The van der Waals surface area contributed by atoms with E-state index in [1.54, 1.807) is 32.2 Å². The lowest BCUT2D eigenvalue weighted by Crippen LogP contribution is -2.55. The number of nitrogens with two attached hydrogens (primary N) is 1. The summed E-state index contributed by atoms with van der Waals surface area (Å²) in [6, 6.07) is 9.79. The normalized spacial score (nSPS) is 12.8. The maximum atomic E-state index is 14.1. The number of carbonyl (C=O) groups excluding carboxylic acids is 2. The summed E-state index contributed by atoms with van der Waals surface area (Å²) >= 11 is 0. The molecule has 3 amide bonds. The number of phenolic OH excluding ortho intramolecular Hbond substituents is 1. The summed E-state index contributed by atoms with van der Waals surface area (Å²) in [5.74, 6) is -0.877. The van der Waals surface area contributed by atoms with Gasteiger partial charge in [-0.1, -0.05) is 35.5 Å². The third-order valence-electron chi connectivity index (χ3n) is 7.87. The highest BCUT2D eigenvalue weighted by Gasteiger charge is 2.31. The molecule has 3 unspecified atom stereocenters. The van der Waals surface area contributed by atoms with Crippen LogP contribution >= 0.6 is 0 Å². The van der Waals surface area contributed by atoms with Crippen LogP contribution in [0.4, 0.5) is 4.79 Å². The van der Waals surface area contributed by atoms with Gasteiger partial charge in [-0.05, 0) is 67.5 Å². The number of phenols is 1. The average molecular weight is 675 g/mol. The third kappa shape index (κ3) is 11.1. The van der Waals surface area contributed by atoms with Crippen molar-refractivity contribution in [1.29, 1.82) is 5.41 Å². The van der Waals surface area contributed by atoms with Gasteiger partial charge in [0.1, 0.15) is 23.9 Å². The molecule has 3 atom stereocenters. The zero-order chi connectivity index (χ0) is 35.3. The number of H-pyrrole nitrogens is 1. The molecule has 0 saturated heterocycles. The Labute approximate surface area is 282 Å². The second-order valence-corrected chi connectivity index (χ2v) is 11.7. The predicted molar refractivity (Wildman–Crippen MR) is 179 cm³/mol. The molecule has 4 rings (SSSR count). The second kappa shape index (κ2) is 17.3. The van der Waals surface area contributed by atoms with Crippen LogP contribution in [0.2, 0.25) is 0 Å². The van der Waals surface area contributed by atoms with Gasteiger partial charge in [-0.15, -0.1) is 0 Å². The number of benzene rings is 2. The van der Waals surface area contributed by atoms with E-state index in [1.807, 2.05) is 30.3 Å². The largest absolute Gasteiger partial charge is 0.508 e. The summed E-state index contributed by atoms with van der Waals surface area (Å²) in [6.07, 6.45) is 3.57. The number of aryl methyl sites for hydroxylation is 4. The van der Waals surface area contributed by atoms with Gasteiger partial charge in [0.2, 0.25) is 17.7 Å². The Morgan fingerprint density at radius 3 is 2.37 bits per heavy atom. The van der Waals surface area contributed by atoms with Gasteiger partial charge in [-0.3, -0.25) is 15.0 Å². The number of amides is 3. The van der Waals surface area contributed by atoms with Gasteiger partial charge in [0.05, 0.1) is 12.0 Å². The summed E-state index contributed by atoms with van der Waals surface area (Å²) < 4.78 is 5.61. The molecule has 0 bridgehead atoms. The molecule has 16 heteroatoms. The zero-order valence-corrected chi connectivity index (χ0v) is 27.3. The molecule has 0 radical (unpaired) electrons. The molecule has 0 aliphatic heterocycles. The Bertz CT molecular complexity index is 1690. The van der Waals surface area contributed by atoms with Crippen molar-refractivity contribution in [2.24, 2.45) is 5.73 Å². The Morgan fingerprint density at radius 1 is 1.00 bits per heavy atom. The Balaban J connectivity index is 1.58. The minimum Gasteiger partial charge on any atom is -0.508 e. The lowest BCUT2D eigenvalue weighted by atomic mass is 9.95. The van der Waals surface area contributed by atoms with Crippen molar-refractivity contribution >= 4 is 23.9 Å². The highest BCUT2D eigenvalue weighted by atomic mass is 16.5. The number of imidazole rings is 1. The second-order valence-electron chi connectivity index (χ2n) is 11.7. The van der Waals surface area contributed by atoms with Gasteiger partial charge in [0, 0.05) is 32.0 Å². The van der Waals surface area contributed by atoms with E-state index in [0.29, 0.717) is 41.9 Å².